The number of hydrogen-bond acceptors (Lipinski definition) is 6. The smallest absolute Gasteiger partial charge is 0.251 e. The second-order valence-corrected chi connectivity index (χ2v) is 9.79. The van der Waals surface area contributed by atoms with Gasteiger partial charge in [-0.1, -0.05) is 84.9 Å². The van der Waals surface area contributed by atoms with Crippen LogP contribution in [0, 0.1) is 0 Å². The number of aliphatic hydroxyl groups is 5. The van der Waals surface area contributed by atoms with Crippen LogP contribution in [0.25, 0.3) is 0 Å². The van der Waals surface area contributed by atoms with E-state index in [4.69, 9.17) is 5.11 Å². The average molecular weight is 469 g/mol. The van der Waals surface area contributed by atoms with Crippen LogP contribution in [0.15, 0.2) is 84.9 Å². The molecule has 0 saturated heterocycles. The van der Waals surface area contributed by atoms with Crippen molar-refractivity contribution in [2.75, 3.05) is 6.61 Å². The maximum absolute atomic E-state index is 12.1. The van der Waals surface area contributed by atoms with Gasteiger partial charge in [0, 0.05) is 6.54 Å². The van der Waals surface area contributed by atoms with Crippen molar-refractivity contribution in [2.45, 2.75) is 31.0 Å². The summed E-state index contributed by atoms with van der Waals surface area (Å²) in [7, 11) is -0.747. The molecule has 0 aliphatic rings. The summed E-state index contributed by atoms with van der Waals surface area (Å²) in [6.07, 6.45) is -7.41. The Balaban J connectivity index is 1.68. The predicted octanol–water partition coefficient (Wildman–Crippen LogP) is -0.503. The lowest BCUT2D eigenvalue weighted by atomic mass is 10.0. The molecule has 0 spiro atoms. The standard InChI is InChI=1S/C25H28NO6P/c27-16-21(28)22(29)23(30)24(31)25(32)26-15-17-11-13-20(14-12-17)33(18-7-3-1-4-8-18)19-9-5-2-6-10-19/h1-14,21-24,27-31H,15-16H2,(H,26,32)/t21-,22+,23-,24-/m1/s1. The molecule has 6 N–H and O–H groups in total. The fourth-order valence-electron chi connectivity index (χ4n) is 3.34. The third kappa shape index (κ3) is 6.45. The molecule has 0 heterocycles. The number of nitrogens with one attached hydrogen (secondary N) is 1. The van der Waals surface area contributed by atoms with Crippen molar-refractivity contribution in [3.63, 3.8) is 0 Å². The molecule has 174 valence electrons. The fourth-order valence-corrected chi connectivity index (χ4v) is 5.62. The number of benzene rings is 3. The molecule has 7 nitrogen and oxygen atoms in total. The van der Waals surface area contributed by atoms with Crippen molar-refractivity contribution in [1.82, 2.24) is 5.32 Å². The summed E-state index contributed by atoms with van der Waals surface area (Å²) in [4.78, 5) is 12.1. The highest BCUT2D eigenvalue weighted by molar-refractivity contribution is 7.79. The van der Waals surface area contributed by atoms with E-state index in [0.29, 0.717) is 0 Å². The van der Waals surface area contributed by atoms with Gasteiger partial charge >= 0.3 is 0 Å². The monoisotopic (exact) mass is 469 g/mol. The summed E-state index contributed by atoms with van der Waals surface area (Å²) < 4.78 is 0. The highest BCUT2D eigenvalue weighted by atomic mass is 31.1. The van der Waals surface area contributed by atoms with Gasteiger partial charge in [-0.05, 0) is 29.4 Å². The van der Waals surface area contributed by atoms with Crippen molar-refractivity contribution in [1.29, 1.82) is 0 Å². The first-order valence-electron chi connectivity index (χ1n) is 10.5. The second kappa shape index (κ2) is 12.0. The van der Waals surface area contributed by atoms with Crippen LogP contribution >= 0.6 is 7.92 Å². The van der Waals surface area contributed by atoms with E-state index in [0.717, 1.165) is 10.9 Å². The number of carbonyl (C=O) groups excluding carboxylic acids is 1. The molecular formula is C25H28NO6P. The van der Waals surface area contributed by atoms with Crippen molar-refractivity contribution >= 4 is 29.7 Å². The first-order valence-corrected chi connectivity index (χ1v) is 11.9. The van der Waals surface area contributed by atoms with E-state index < -0.39 is 44.9 Å². The summed E-state index contributed by atoms with van der Waals surface area (Å²) in [5, 5.41) is 53.7. The normalized spacial score (nSPS) is 15.0. The minimum atomic E-state index is -1.95. The van der Waals surface area contributed by atoms with Gasteiger partial charge in [0.2, 0.25) is 0 Å². The molecule has 3 rings (SSSR count). The Hall–Kier alpha value is -2.64. The Bertz CT molecular complexity index is 963. The Morgan fingerprint density at radius 3 is 1.70 bits per heavy atom. The SMILES string of the molecule is O=C(NCc1ccc(P(c2ccccc2)c2ccccc2)cc1)[C@H](O)[C@H](O)[C@@H](O)[C@H](O)CO. The molecule has 0 aliphatic heterocycles. The highest BCUT2D eigenvalue weighted by Crippen LogP contribution is 2.32. The van der Waals surface area contributed by atoms with E-state index in [-0.39, 0.29) is 6.54 Å². The molecule has 33 heavy (non-hydrogen) atoms. The number of hydrogen-bond donors (Lipinski definition) is 6. The van der Waals surface area contributed by atoms with Crippen LogP contribution in [0.4, 0.5) is 0 Å². The Labute approximate surface area is 193 Å². The molecule has 0 aliphatic carbocycles. The van der Waals surface area contributed by atoms with Gasteiger partial charge < -0.3 is 30.8 Å². The molecule has 0 bridgehead atoms. The van der Waals surface area contributed by atoms with Gasteiger partial charge in [0.25, 0.3) is 5.91 Å². The molecule has 0 radical (unpaired) electrons. The number of amides is 1. The topological polar surface area (TPSA) is 130 Å². The summed E-state index contributed by atoms with van der Waals surface area (Å²) in [5.41, 5.74) is 0.792. The zero-order valence-electron chi connectivity index (χ0n) is 17.9. The zero-order chi connectivity index (χ0) is 23.8. The van der Waals surface area contributed by atoms with Crippen molar-refractivity contribution in [3.05, 3.63) is 90.5 Å². The lowest BCUT2D eigenvalue weighted by molar-refractivity contribution is -0.149. The van der Waals surface area contributed by atoms with Gasteiger partial charge in [-0.15, -0.1) is 0 Å². The fraction of sp³-hybridized carbons (Fsp3) is 0.240. The maximum atomic E-state index is 12.1. The average Bonchev–Trinajstić information content (AvgIpc) is 2.87. The summed E-state index contributed by atoms with van der Waals surface area (Å²) in [6, 6.07) is 28.3. The van der Waals surface area contributed by atoms with Gasteiger partial charge in [-0.25, -0.2) is 0 Å². The first kappa shape index (κ1) is 25.0. The first-order chi connectivity index (χ1) is 15.9. The number of carbonyl (C=O) groups is 1. The molecule has 0 aromatic heterocycles. The van der Waals surface area contributed by atoms with E-state index in [2.05, 4.69) is 29.6 Å². The molecular weight excluding hydrogens is 441 g/mol. The summed E-state index contributed by atoms with van der Waals surface area (Å²) >= 11 is 0. The molecule has 4 atom stereocenters. The third-order valence-corrected chi connectivity index (χ3v) is 7.66. The Kier molecular flexibility index (Phi) is 9.09. The largest absolute Gasteiger partial charge is 0.394 e. The lowest BCUT2D eigenvalue weighted by Crippen LogP contribution is -2.51. The van der Waals surface area contributed by atoms with Crippen LogP contribution in [0.3, 0.4) is 0 Å². The van der Waals surface area contributed by atoms with E-state index >= 15 is 0 Å². The predicted molar refractivity (Wildman–Crippen MR) is 128 cm³/mol. The Morgan fingerprint density at radius 1 is 0.727 bits per heavy atom. The third-order valence-electron chi connectivity index (χ3n) is 5.21. The summed E-state index contributed by atoms with van der Waals surface area (Å²) in [6.45, 7) is -0.705. The van der Waals surface area contributed by atoms with Crippen LogP contribution < -0.4 is 21.2 Å². The van der Waals surface area contributed by atoms with Crippen LogP contribution in [-0.2, 0) is 11.3 Å². The number of rotatable bonds is 10. The number of aliphatic hydroxyl groups excluding tert-OH is 5. The van der Waals surface area contributed by atoms with Gasteiger partial charge in [-0.2, -0.15) is 0 Å². The van der Waals surface area contributed by atoms with Crippen LogP contribution in [0.5, 0.6) is 0 Å². The molecule has 0 saturated carbocycles. The van der Waals surface area contributed by atoms with E-state index in [9.17, 15) is 25.2 Å². The lowest BCUT2D eigenvalue weighted by Gasteiger charge is -2.25. The van der Waals surface area contributed by atoms with Gasteiger partial charge in [0.1, 0.15) is 18.3 Å². The molecule has 1 amide bonds. The minimum Gasteiger partial charge on any atom is -0.394 e. The highest BCUT2D eigenvalue weighted by Gasteiger charge is 2.34. The van der Waals surface area contributed by atoms with Crippen LogP contribution in [-0.4, -0.2) is 62.5 Å². The molecule has 0 fully saturated rings. The van der Waals surface area contributed by atoms with E-state index in [1.54, 1.807) is 0 Å². The maximum Gasteiger partial charge on any atom is 0.251 e. The molecule has 3 aromatic rings. The zero-order valence-corrected chi connectivity index (χ0v) is 18.8. The minimum absolute atomic E-state index is 0.107. The molecule has 8 heteroatoms. The quantitative estimate of drug-likeness (QED) is 0.222. The Morgan fingerprint density at radius 2 is 1.21 bits per heavy atom. The van der Waals surface area contributed by atoms with Gasteiger partial charge in [0.15, 0.2) is 6.10 Å². The van der Waals surface area contributed by atoms with Crippen LogP contribution in [0.2, 0.25) is 0 Å². The molecule has 3 aromatic carbocycles. The van der Waals surface area contributed by atoms with Crippen LogP contribution in [0.1, 0.15) is 5.56 Å². The van der Waals surface area contributed by atoms with Crippen molar-refractivity contribution in [2.24, 2.45) is 0 Å². The molecule has 0 unspecified atom stereocenters. The van der Waals surface area contributed by atoms with Crippen molar-refractivity contribution < 1.29 is 30.3 Å². The van der Waals surface area contributed by atoms with Crippen molar-refractivity contribution in [3.8, 4) is 0 Å². The van der Waals surface area contributed by atoms with E-state index in [1.165, 1.54) is 10.6 Å². The van der Waals surface area contributed by atoms with E-state index in [1.807, 2.05) is 60.7 Å². The second-order valence-electron chi connectivity index (χ2n) is 7.57. The van der Waals surface area contributed by atoms with Gasteiger partial charge in [0.05, 0.1) is 6.61 Å². The van der Waals surface area contributed by atoms with Gasteiger partial charge in [-0.3, -0.25) is 4.79 Å². The summed E-state index contributed by atoms with van der Waals surface area (Å²) in [5.74, 6) is -0.897.